The van der Waals surface area contributed by atoms with Gasteiger partial charge in [-0.05, 0) is 24.1 Å². The minimum absolute atomic E-state index is 0.00492. The van der Waals surface area contributed by atoms with Crippen LogP contribution in [0.15, 0.2) is 18.2 Å². The first-order chi connectivity index (χ1) is 10.00. The number of benzene rings is 1. The summed E-state index contributed by atoms with van der Waals surface area (Å²) in [5, 5.41) is 5.27. The molecular formula is C12H10F6N4. The predicted molar refractivity (Wildman–Crippen MR) is 64.7 cm³/mol. The van der Waals surface area contributed by atoms with Crippen LogP contribution in [0, 0.1) is 6.92 Å². The molecule has 0 saturated heterocycles. The Labute approximate surface area is 120 Å². The standard InChI is InChI=1S/C12H10F6N4/c1-6-4-7(2-3-8(6)19)5-22-9(11(13,14)15)20-21-10(22)12(16,17)18/h2-4H,5,19H2,1H3. The van der Waals surface area contributed by atoms with Gasteiger partial charge in [-0.2, -0.15) is 26.3 Å². The molecule has 0 aliphatic rings. The van der Waals surface area contributed by atoms with Crippen LogP contribution in [0.25, 0.3) is 0 Å². The van der Waals surface area contributed by atoms with Crippen molar-refractivity contribution in [2.75, 3.05) is 5.73 Å². The van der Waals surface area contributed by atoms with Crippen LogP contribution in [0.5, 0.6) is 0 Å². The topological polar surface area (TPSA) is 56.7 Å². The lowest BCUT2D eigenvalue weighted by atomic mass is 10.1. The van der Waals surface area contributed by atoms with Crippen molar-refractivity contribution in [3.05, 3.63) is 41.0 Å². The van der Waals surface area contributed by atoms with E-state index in [4.69, 9.17) is 5.73 Å². The Balaban J connectivity index is 2.52. The number of anilines is 1. The van der Waals surface area contributed by atoms with Gasteiger partial charge in [0.2, 0.25) is 11.6 Å². The molecule has 2 rings (SSSR count). The van der Waals surface area contributed by atoms with E-state index in [1.807, 2.05) is 0 Å². The molecule has 2 N–H and O–H groups in total. The lowest BCUT2D eigenvalue weighted by Gasteiger charge is -2.14. The largest absolute Gasteiger partial charge is 0.451 e. The van der Waals surface area contributed by atoms with E-state index in [1.54, 1.807) is 6.92 Å². The summed E-state index contributed by atoms with van der Waals surface area (Å²) in [6.45, 7) is 0.929. The summed E-state index contributed by atoms with van der Waals surface area (Å²) in [6, 6.07) is 4.17. The van der Waals surface area contributed by atoms with Gasteiger partial charge < -0.3 is 5.73 Å². The Bertz CT molecular complexity index is 654. The van der Waals surface area contributed by atoms with Crippen molar-refractivity contribution in [1.82, 2.24) is 14.8 Å². The fourth-order valence-corrected chi connectivity index (χ4v) is 1.89. The highest BCUT2D eigenvalue weighted by Crippen LogP contribution is 2.34. The molecule has 0 aliphatic carbocycles. The third-order valence-electron chi connectivity index (χ3n) is 2.93. The van der Waals surface area contributed by atoms with E-state index in [9.17, 15) is 26.3 Å². The van der Waals surface area contributed by atoms with Crippen molar-refractivity contribution in [1.29, 1.82) is 0 Å². The molecule has 0 amide bonds. The Morgan fingerprint density at radius 3 is 1.91 bits per heavy atom. The number of aromatic nitrogens is 3. The molecule has 0 radical (unpaired) electrons. The molecule has 4 nitrogen and oxygen atoms in total. The van der Waals surface area contributed by atoms with Crippen LogP contribution in [0.4, 0.5) is 32.0 Å². The summed E-state index contributed by atoms with van der Waals surface area (Å²) >= 11 is 0. The molecule has 0 atom stereocenters. The number of nitrogen functional groups attached to an aromatic ring is 1. The molecule has 0 spiro atoms. The fraction of sp³-hybridized carbons (Fsp3) is 0.333. The zero-order chi connectivity index (χ0) is 16.7. The van der Waals surface area contributed by atoms with E-state index in [-0.39, 0.29) is 10.1 Å². The average Bonchev–Trinajstić information content (AvgIpc) is 2.77. The first-order valence-electron chi connectivity index (χ1n) is 5.92. The smallest absolute Gasteiger partial charge is 0.399 e. The average molecular weight is 324 g/mol. The maximum Gasteiger partial charge on any atom is 0.451 e. The van der Waals surface area contributed by atoms with Crippen LogP contribution in [-0.4, -0.2) is 14.8 Å². The quantitative estimate of drug-likeness (QED) is 0.681. The lowest BCUT2D eigenvalue weighted by molar-refractivity contribution is -0.155. The Kier molecular flexibility index (Phi) is 3.80. The van der Waals surface area contributed by atoms with Gasteiger partial charge in [0.15, 0.2) is 0 Å². The summed E-state index contributed by atoms with van der Waals surface area (Å²) in [6.07, 6.45) is -10.1. The van der Waals surface area contributed by atoms with Crippen LogP contribution < -0.4 is 5.73 Å². The predicted octanol–water partition coefficient (Wildman–Crippen LogP) is 3.25. The highest BCUT2D eigenvalue weighted by atomic mass is 19.4. The molecule has 2 aromatic rings. The third kappa shape index (κ3) is 3.15. The molecule has 0 fully saturated rings. The number of aryl methyl sites for hydroxylation is 1. The highest BCUT2D eigenvalue weighted by molar-refractivity contribution is 5.47. The van der Waals surface area contributed by atoms with Crippen molar-refractivity contribution >= 4 is 5.69 Å². The molecule has 1 heterocycles. The minimum atomic E-state index is -5.04. The van der Waals surface area contributed by atoms with Gasteiger partial charge in [-0.15, -0.1) is 10.2 Å². The van der Waals surface area contributed by atoms with Gasteiger partial charge in [-0.3, -0.25) is 4.57 Å². The SMILES string of the molecule is Cc1cc(Cn2c(C(F)(F)F)nnc2C(F)(F)F)ccc1N. The summed E-state index contributed by atoms with van der Waals surface area (Å²) in [7, 11) is 0. The second kappa shape index (κ2) is 5.18. The first kappa shape index (κ1) is 16.1. The summed E-state index contributed by atoms with van der Waals surface area (Å²) in [4.78, 5) is 0. The van der Waals surface area contributed by atoms with E-state index in [0.717, 1.165) is 0 Å². The number of hydrogen-bond donors (Lipinski definition) is 1. The second-order valence-corrected chi connectivity index (χ2v) is 4.62. The fourth-order valence-electron chi connectivity index (χ4n) is 1.89. The number of rotatable bonds is 2. The summed E-state index contributed by atoms with van der Waals surface area (Å²) in [5.74, 6) is -3.40. The Morgan fingerprint density at radius 1 is 1.00 bits per heavy atom. The number of halogens is 6. The van der Waals surface area contributed by atoms with Crippen LogP contribution in [-0.2, 0) is 18.9 Å². The maximum absolute atomic E-state index is 12.8. The zero-order valence-corrected chi connectivity index (χ0v) is 11.1. The Hall–Kier alpha value is -2.26. The number of nitrogens with two attached hydrogens (primary N) is 1. The molecular weight excluding hydrogens is 314 g/mol. The molecule has 0 unspecified atom stereocenters. The molecule has 0 bridgehead atoms. The number of alkyl halides is 6. The molecule has 1 aromatic heterocycles. The third-order valence-corrected chi connectivity index (χ3v) is 2.93. The van der Waals surface area contributed by atoms with Crippen molar-refractivity contribution in [2.24, 2.45) is 0 Å². The maximum atomic E-state index is 12.8. The van der Waals surface area contributed by atoms with Crippen molar-refractivity contribution in [3.8, 4) is 0 Å². The van der Waals surface area contributed by atoms with E-state index < -0.39 is 30.5 Å². The Morgan fingerprint density at radius 2 is 1.50 bits per heavy atom. The zero-order valence-electron chi connectivity index (χ0n) is 11.1. The second-order valence-electron chi connectivity index (χ2n) is 4.62. The van der Waals surface area contributed by atoms with E-state index in [0.29, 0.717) is 11.3 Å². The molecule has 10 heteroatoms. The van der Waals surface area contributed by atoms with Gasteiger partial charge in [-0.1, -0.05) is 12.1 Å². The monoisotopic (exact) mass is 324 g/mol. The van der Waals surface area contributed by atoms with Gasteiger partial charge in [0.05, 0.1) is 6.54 Å². The van der Waals surface area contributed by atoms with E-state index in [2.05, 4.69) is 10.2 Å². The summed E-state index contributed by atoms with van der Waals surface area (Å²) in [5.41, 5.74) is 6.73. The normalized spacial score (nSPS) is 12.7. The van der Waals surface area contributed by atoms with Crippen molar-refractivity contribution in [3.63, 3.8) is 0 Å². The van der Waals surface area contributed by atoms with Gasteiger partial charge in [0, 0.05) is 5.69 Å². The highest BCUT2D eigenvalue weighted by Gasteiger charge is 2.45. The lowest BCUT2D eigenvalue weighted by Crippen LogP contribution is -2.21. The van der Waals surface area contributed by atoms with Gasteiger partial charge in [0.1, 0.15) is 0 Å². The van der Waals surface area contributed by atoms with Crippen LogP contribution in [0.3, 0.4) is 0 Å². The van der Waals surface area contributed by atoms with Crippen molar-refractivity contribution in [2.45, 2.75) is 25.8 Å². The molecule has 1 aromatic carbocycles. The van der Waals surface area contributed by atoms with Gasteiger partial charge in [-0.25, -0.2) is 0 Å². The van der Waals surface area contributed by atoms with Crippen molar-refractivity contribution < 1.29 is 26.3 Å². The van der Waals surface area contributed by atoms with E-state index in [1.165, 1.54) is 18.2 Å². The number of hydrogen-bond acceptors (Lipinski definition) is 3. The molecule has 0 saturated carbocycles. The summed E-state index contributed by atoms with van der Waals surface area (Å²) < 4.78 is 76.7. The molecule has 22 heavy (non-hydrogen) atoms. The number of nitrogens with zero attached hydrogens (tertiary/aromatic N) is 3. The molecule has 120 valence electrons. The van der Waals surface area contributed by atoms with Crippen LogP contribution in [0.2, 0.25) is 0 Å². The van der Waals surface area contributed by atoms with Crippen LogP contribution >= 0.6 is 0 Å². The minimum Gasteiger partial charge on any atom is -0.399 e. The van der Waals surface area contributed by atoms with E-state index >= 15 is 0 Å². The van der Waals surface area contributed by atoms with Gasteiger partial charge in [0.25, 0.3) is 0 Å². The molecule has 0 aliphatic heterocycles. The first-order valence-corrected chi connectivity index (χ1v) is 5.92. The van der Waals surface area contributed by atoms with Crippen LogP contribution in [0.1, 0.15) is 22.8 Å². The van der Waals surface area contributed by atoms with Gasteiger partial charge >= 0.3 is 12.4 Å².